The highest BCUT2D eigenvalue weighted by Gasteiger charge is 2.02. The standard InChI is InChI=1S/C15H23N/c1-11(2)6-7-16-10-15-13(4)8-12(3)9-14(15)5/h6,8-9,16H,7,10H2,1-5H3. The molecule has 0 fully saturated rings. The lowest BCUT2D eigenvalue weighted by Crippen LogP contribution is -2.15. The molecule has 16 heavy (non-hydrogen) atoms. The summed E-state index contributed by atoms with van der Waals surface area (Å²) in [5, 5.41) is 3.46. The molecule has 88 valence electrons. The van der Waals surface area contributed by atoms with Crippen LogP contribution in [-0.4, -0.2) is 6.54 Å². The monoisotopic (exact) mass is 217 g/mol. The normalized spacial score (nSPS) is 10.3. The molecule has 0 aliphatic carbocycles. The van der Waals surface area contributed by atoms with Gasteiger partial charge in [0.2, 0.25) is 0 Å². The summed E-state index contributed by atoms with van der Waals surface area (Å²) in [6.45, 7) is 12.7. The van der Waals surface area contributed by atoms with Crippen molar-refractivity contribution in [2.45, 2.75) is 41.2 Å². The van der Waals surface area contributed by atoms with Crippen LogP contribution in [0.25, 0.3) is 0 Å². The first-order valence-electron chi connectivity index (χ1n) is 5.91. The Morgan fingerprint density at radius 2 is 1.69 bits per heavy atom. The van der Waals surface area contributed by atoms with Gasteiger partial charge in [-0.1, -0.05) is 29.3 Å². The molecular weight excluding hydrogens is 194 g/mol. The maximum Gasteiger partial charge on any atom is 0.0213 e. The second kappa shape index (κ2) is 5.86. The lowest BCUT2D eigenvalue weighted by molar-refractivity contribution is 0.748. The Morgan fingerprint density at radius 3 is 2.19 bits per heavy atom. The van der Waals surface area contributed by atoms with Crippen LogP contribution in [0.15, 0.2) is 23.8 Å². The number of hydrogen-bond acceptors (Lipinski definition) is 1. The van der Waals surface area contributed by atoms with E-state index in [0.29, 0.717) is 0 Å². The zero-order chi connectivity index (χ0) is 12.1. The van der Waals surface area contributed by atoms with Gasteiger partial charge in [0.25, 0.3) is 0 Å². The molecule has 1 N–H and O–H groups in total. The Bertz CT molecular complexity index is 361. The topological polar surface area (TPSA) is 12.0 Å². The second-order valence-electron chi connectivity index (χ2n) is 4.79. The fourth-order valence-electron chi connectivity index (χ4n) is 1.96. The van der Waals surface area contributed by atoms with E-state index < -0.39 is 0 Å². The van der Waals surface area contributed by atoms with E-state index in [-0.39, 0.29) is 0 Å². The Balaban J connectivity index is 2.64. The van der Waals surface area contributed by atoms with Gasteiger partial charge in [-0.15, -0.1) is 0 Å². The molecular formula is C15H23N. The summed E-state index contributed by atoms with van der Waals surface area (Å²) in [5.41, 5.74) is 6.94. The fourth-order valence-corrected chi connectivity index (χ4v) is 1.96. The molecule has 0 amide bonds. The third-order valence-electron chi connectivity index (χ3n) is 2.80. The van der Waals surface area contributed by atoms with Gasteiger partial charge in [0, 0.05) is 13.1 Å². The molecule has 0 radical (unpaired) electrons. The SMILES string of the molecule is CC(C)=CCNCc1c(C)cc(C)cc1C. The number of aryl methyl sites for hydroxylation is 3. The molecule has 0 saturated carbocycles. The minimum atomic E-state index is 0.953. The summed E-state index contributed by atoms with van der Waals surface area (Å²) in [6.07, 6.45) is 2.22. The summed E-state index contributed by atoms with van der Waals surface area (Å²) >= 11 is 0. The molecule has 0 aromatic heterocycles. The van der Waals surface area contributed by atoms with Crippen molar-refractivity contribution in [3.05, 3.63) is 46.0 Å². The van der Waals surface area contributed by atoms with Crippen LogP contribution in [0, 0.1) is 20.8 Å². The Kier molecular flexibility index (Phi) is 4.75. The van der Waals surface area contributed by atoms with Gasteiger partial charge in [-0.3, -0.25) is 0 Å². The van der Waals surface area contributed by atoms with Gasteiger partial charge >= 0.3 is 0 Å². The third kappa shape index (κ3) is 3.82. The van der Waals surface area contributed by atoms with Crippen molar-refractivity contribution < 1.29 is 0 Å². The maximum absolute atomic E-state index is 3.46. The van der Waals surface area contributed by atoms with E-state index in [9.17, 15) is 0 Å². The third-order valence-corrected chi connectivity index (χ3v) is 2.80. The molecule has 1 nitrogen and oxygen atoms in total. The van der Waals surface area contributed by atoms with Crippen molar-refractivity contribution >= 4 is 0 Å². The van der Waals surface area contributed by atoms with E-state index >= 15 is 0 Å². The number of allylic oxidation sites excluding steroid dienone is 1. The first-order valence-corrected chi connectivity index (χ1v) is 5.91. The van der Waals surface area contributed by atoms with E-state index in [1.165, 1.54) is 27.8 Å². The zero-order valence-corrected chi connectivity index (χ0v) is 11.1. The van der Waals surface area contributed by atoms with Crippen molar-refractivity contribution in [1.29, 1.82) is 0 Å². The highest BCUT2D eigenvalue weighted by Crippen LogP contribution is 2.15. The van der Waals surface area contributed by atoms with Crippen molar-refractivity contribution in [3.63, 3.8) is 0 Å². The van der Waals surface area contributed by atoms with Gasteiger partial charge in [-0.25, -0.2) is 0 Å². The minimum Gasteiger partial charge on any atom is -0.309 e. The lowest BCUT2D eigenvalue weighted by atomic mass is 10.00. The van der Waals surface area contributed by atoms with E-state index in [2.05, 4.69) is 58.1 Å². The summed E-state index contributed by atoms with van der Waals surface area (Å²) in [5.74, 6) is 0. The minimum absolute atomic E-state index is 0.953. The molecule has 0 spiro atoms. The Morgan fingerprint density at radius 1 is 1.12 bits per heavy atom. The molecule has 0 aliphatic heterocycles. The molecule has 0 bridgehead atoms. The van der Waals surface area contributed by atoms with Gasteiger partial charge in [0.15, 0.2) is 0 Å². The van der Waals surface area contributed by atoms with Crippen LogP contribution in [0.5, 0.6) is 0 Å². The Hall–Kier alpha value is -1.08. The van der Waals surface area contributed by atoms with Crippen LogP contribution in [0.2, 0.25) is 0 Å². The molecule has 0 saturated heterocycles. The van der Waals surface area contributed by atoms with Crippen molar-refractivity contribution in [2.75, 3.05) is 6.54 Å². The van der Waals surface area contributed by atoms with Crippen molar-refractivity contribution in [1.82, 2.24) is 5.32 Å². The first kappa shape index (κ1) is 13.0. The van der Waals surface area contributed by atoms with Crippen LogP contribution >= 0.6 is 0 Å². The van der Waals surface area contributed by atoms with Crippen LogP contribution in [-0.2, 0) is 6.54 Å². The molecule has 1 rings (SSSR count). The molecule has 1 aromatic carbocycles. The predicted octanol–water partition coefficient (Wildman–Crippen LogP) is 3.67. The van der Waals surface area contributed by atoms with Crippen LogP contribution in [0.4, 0.5) is 0 Å². The molecule has 0 heterocycles. The zero-order valence-electron chi connectivity index (χ0n) is 11.1. The molecule has 1 aromatic rings. The van der Waals surface area contributed by atoms with Crippen LogP contribution in [0.1, 0.15) is 36.1 Å². The van der Waals surface area contributed by atoms with Gasteiger partial charge in [-0.2, -0.15) is 0 Å². The summed E-state index contributed by atoms with van der Waals surface area (Å²) in [7, 11) is 0. The second-order valence-corrected chi connectivity index (χ2v) is 4.79. The quantitative estimate of drug-likeness (QED) is 0.599. The number of nitrogens with one attached hydrogen (secondary N) is 1. The molecule has 0 unspecified atom stereocenters. The van der Waals surface area contributed by atoms with Gasteiger partial charge < -0.3 is 5.32 Å². The average molecular weight is 217 g/mol. The highest BCUT2D eigenvalue weighted by molar-refractivity contribution is 5.37. The van der Waals surface area contributed by atoms with Gasteiger partial charge in [-0.05, 0) is 51.3 Å². The predicted molar refractivity (Wildman–Crippen MR) is 71.8 cm³/mol. The summed E-state index contributed by atoms with van der Waals surface area (Å²) in [6, 6.07) is 4.51. The number of hydrogen-bond donors (Lipinski definition) is 1. The molecule has 1 heteroatoms. The van der Waals surface area contributed by atoms with Crippen molar-refractivity contribution in [2.24, 2.45) is 0 Å². The fraction of sp³-hybridized carbons (Fsp3) is 0.467. The first-order chi connectivity index (χ1) is 7.50. The number of benzene rings is 1. The smallest absolute Gasteiger partial charge is 0.0213 e. The van der Waals surface area contributed by atoms with Gasteiger partial charge in [0.05, 0.1) is 0 Å². The maximum atomic E-state index is 3.46. The van der Waals surface area contributed by atoms with E-state index in [1.54, 1.807) is 0 Å². The van der Waals surface area contributed by atoms with Crippen LogP contribution in [0.3, 0.4) is 0 Å². The van der Waals surface area contributed by atoms with Crippen molar-refractivity contribution in [3.8, 4) is 0 Å². The Labute approximate surface area is 99.6 Å². The van der Waals surface area contributed by atoms with Crippen LogP contribution < -0.4 is 5.32 Å². The largest absolute Gasteiger partial charge is 0.309 e. The number of rotatable bonds is 4. The van der Waals surface area contributed by atoms with Gasteiger partial charge in [0.1, 0.15) is 0 Å². The molecule has 0 aliphatic rings. The summed E-state index contributed by atoms with van der Waals surface area (Å²) < 4.78 is 0. The van der Waals surface area contributed by atoms with E-state index in [1.807, 2.05) is 0 Å². The summed E-state index contributed by atoms with van der Waals surface area (Å²) in [4.78, 5) is 0. The highest BCUT2D eigenvalue weighted by atomic mass is 14.8. The average Bonchev–Trinajstić information content (AvgIpc) is 2.14. The van der Waals surface area contributed by atoms with E-state index in [4.69, 9.17) is 0 Å². The lowest BCUT2D eigenvalue weighted by Gasteiger charge is -2.11. The molecule has 0 atom stereocenters. The van der Waals surface area contributed by atoms with E-state index in [0.717, 1.165) is 13.1 Å².